The summed E-state index contributed by atoms with van der Waals surface area (Å²) in [6.07, 6.45) is 2.07. The molecule has 0 aliphatic heterocycles. The third-order valence-electron chi connectivity index (χ3n) is 6.46. The highest BCUT2D eigenvalue weighted by Gasteiger charge is 2.20. The predicted molar refractivity (Wildman–Crippen MR) is 177 cm³/mol. The summed E-state index contributed by atoms with van der Waals surface area (Å²) < 4.78 is 5.71. The molecule has 0 fully saturated rings. The van der Waals surface area contributed by atoms with Gasteiger partial charge in [-0.15, -0.1) is 11.8 Å². The van der Waals surface area contributed by atoms with Crippen LogP contribution in [0.15, 0.2) is 114 Å². The Hall–Kier alpha value is -5.35. The van der Waals surface area contributed by atoms with Crippen molar-refractivity contribution in [2.45, 2.75) is 30.4 Å². The number of hydrogen-bond donors (Lipinski definition) is 4. The molecule has 0 radical (unpaired) electrons. The number of carboxylic acids is 1. The van der Waals surface area contributed by atoms with Gasteiger partial charge < -0.3 is 25.8 Å². The minimum absolute atomic E-state index is 0.0171. The molecule has 0 heterocycles. The fraction of sp³-hybridized carbons (Fsp3) is 0.143. The van der Waals surface area contributed by atoms with Gasteiger partial charge in [0.25, 0.3) is 11.8 Å². The Labute approximate surface area is 265 Å². The van der Waals surface area contributed by atoms with E-state index in [0.29, 0.717) is 41.3 Å². The molecule has 0 bridgehead atoms. The smallest absolute Gasteiger partial charge is 0.335 e. The second-order valence-corrected chi connectivity index (χ2v) is 11.0. The lowest BCUT2D eigenvalue weighted by atomic mass is 10.1. The summed E-state index contributed by atoms with van der Waals surface area (Å²) in [6, 6.07) is 28.9. The van der Waals surface area contributed by atoms with E-state index < -0.39 is 23.0 Å². The number of carbonyl (C=O) groups is 4. The molecule has 0 spiro atoms. The van der Waals surface area contributed by atoms with Crippen molar-refractivity contribution in [3.8, 4) is 5.75 Å². The molecule has 0 aromatic heterocycles. The first kappa shape index (κ1) is 32.6. The molecule has 4 aromatic carbocycles. The Morgan fingerprint density at radius 1 is 0.800 bits per heavy atom. The lowest BCUT2D eigenvalue weighted by Crippen LogP contribution is -2.30. The Morgan fingerprint density at radius 3 is 2.18 bits per heavy atom. The molecule has 0 aliphatic carbocycles. The maximum Gasteiger partial charge on any atom is 0.335 e. The Balaban J connectivity index is 1.52. The van der Waals surface area contributed by atoms with E-state index in [4.69, 9.17) is 4.74 Å². The van der Waals surface area contributed by atoms with Gasteiger partial charge in [0.15, 0.2) is 0 Å². The monoisotopic (exact) mass is 623 g/mol. The summed E-state index contributed by atoms with van der Waals surface area (Å²) in [5.74, 6) is -1.78. The van der Waals surface area contributed by atoms with Crippen LogP contribution in [0.1, 0.15) is 46.5 Å². The van der Waals surface area contributed by atoms with E-state index in [-0.39, 0.29) is 17.2 Å². The molecule has 0 saturated carbocycles. The highest BCUT2D eigenvalue weighted by molar-refractivity contribution is 8.00. The minimum atomic E-state index is -1.08. The van der Waals surface area contributed by atoms with Crippen molar-refractivity contribution in [3.05, 3.63) is 126 Å². The molecule has 4 N–H and O–H groups in total. The molecule has 10 heteroatoms. The van der Waals surface area contributed by atoms with Gasteiger partial charge in [0, 0.05) is 27.4 Å². The van der Waals surface area contributed by atoms with E-state index in [1.54, 1.807) is 78.9 Å². The Morgan fingerprint density at radius 2 is 1.47 bits per heavy atom. The van der Waals surface area contributed by atoms with Crippen molar-refractivity contribution in [2.24, 2.45) is 0 Å². The van der Waals surface area contributed by atoms with Gasteiger partial charge in [-0.25, -0.2) is 4.79 Å². The lowest BCUT2D eigenvalue weighted by Gasteiger charge is -2.16. The highest BCUT2D eigenvalue weighted by atomic mass is 32.2. The molecule has 9 nitrogen and oxygen atoms in total. The lowest BCUT2D eigenvalue weighted by molar-refractivity contribution is -0.116. The first-order chi connectivity index (χ1) is 21.8. The average Bonchev–Trinajstić information content (AvgIpc) is 3.04. The molecule has 3 amide bonds. The zero-order chi connectivity index (χ0) is 32.2. The van der Waals surface area contributed by atoms with E-state index >= 15 is 0 Å². The van der Waals surface area contributed by atoms with E-state index in [9.17, 15) is 24.3 Å². The molecule has 0 aliphatic rings. The average molecular weight is 624 g/mol. The van der Waals surface area contributed by atoms with Gasteiger partial charge in [-0.05, 0) is 74.0 Å². The van der Waals surface area contributed by atoms with Gasteiger partial charge in [0.05, 0.1) is 17.4 Å². The van der Waals surface area contributed by atoms with Crippen LogP contribution in [0.5, 0.6) is 5.75 Å². The summed E-state index contributed by atoms with van der Waals surface area (Å²) >= 11 is 1.31. The first-order valence-corrected chi connectivity index (χ1v) is 15.2. The van der Waals surface area contributed by atoms with Crippen LogP contribution >= 0.6 is 11.8 Å². The summed E-state index contributed by atoms with van der Waals surface area (Å²) in [7, 11) is 0. The second kappa shape index (κ2) is 15.9. The van der Waals surface area contributed by atoms with Gasteiger partial charge in [-0.1, -0.05) is 55.5 Å². The van der Waals surface area contributed by atoms with Crippen molar-refractivity contribution in [1.82, 2.24) is 5.32 Å². The Bertz CT molecular complexity index is 1710. The largest absolute Gasteiger partial charge is 0.493 e. The van der Waals surface area contributed by atoms with Gasteiger partial charge in [0.2, 0.25) is 5.91 Å². The predicted octanol–water partition coefficient (Wildman–Crippen LogP) is 6.70. The second-order valence-electron chi connectivity index (χ2n) is 9.72. The van der Waals surface area contributed by atoms with Crippen LogP contribution in [0.4, 0.5) is 11.4 Å². The van der Waals surface area contributed by atoms with Crippen LogP contribution in [0.2, 0.25) is 0 Å². The number of rotatable bonds is 13. The van der Waals surface area contributed by atoms with Crippen LogP contribution in [0.3, 0.4) is 0 Å². The number of anilines is 2. The minimum Gasteiger partial charge on any atom is -0.493 e. The van der Waals surface area contributed by atoms with Crippen LogP contribution in [-0.4, -0.2) is 40.7 Å². The topological polar surface area (TPSA) is 134 Å². The van der Waals surface area contributed by atoms with Crippen LogP contribution in [-0.2, 0) is 9.59 Å². The summed E-state index contributed by atoms with van der Waals surface area (Å²) in [5.41, 5.74) is 1.96. The number of benzene rings is 4. The fourth-order valence-corrected chi connectivity index (χ4v) is 5.28. The number of carboxylic acid groups (broad SMARTS) is 1. The van der Waals surface area contributed by atoms with Crippen LogP contribution in [0, 0.1) is 0 Å². The standard InChI is InChI=1S/C35H33N3O6S/c1-3-31(34(41)37-26-16-10-15-25(20-26)35(42)43)45-28-18-11-17-27(22-28)36-33(40)29(38-32(39)23-12-6-5-7-13-23)21-24-14-8-9-19-30(24)44-4-2/h5-22,31H,3-4H2,1-2H3,(H,36,40)(H,37,41)(H,38,39)(H,42,43)/b29-21+. The number of para-hydroxylation sites is 1. The van der Waals surface area contributed by atoms with Crippen molar-refractivity contribution in [1.29, 1.82) is 0 Å². The number of ether oxygens (including phenoxy) is 1. The molecular weight excluding hydrogens is 590 g/mol. The van der Waals surface area contributed by atoms with Crippen molar-refractivity contribution >= 4 is 52.9 Å². The third-order valence-corrected chi connectivity index (χ3v) is 7.82. The first-order valence-electron chi connectivity index (χ1n) is 14.3. The maximum atomic E-state index is 13.6. The summed E-state index contributed by atoms with van der Waals surface area (Å²) in [5, 5.41) is 17.1. The van der Waals surface area contributed by atoms with E-state index in [0.717, 1.165) is 4.90 Å². The molecule has 0 saturated heterocycles. The fourth-order valence-electron chi connectivity index (χ4n) is 4.27. The van der Waals surface area contributed by atoms with Crippen molar-refractivity contribution in [2.75, 3.05) is 17.2 Å². The van der Waals surface area contributed by atoms with Gasteiger partial charge in [-0.3, -0.25) is 14.4 Å². The van der Waals surface area contributed by atoms with Crippen LogP contribution < -0.4 is 20.7 Å². The Kier molecular flexibility index (Phi) is 11.5. The third kappa shape index (κ3) is 9.32. The molecule has 1 unspecified atom stereocenters. The molecule has 4 rings (SSSR count). The maximum absolute atomic E-state index is 13.6. The molecule has 45 heavy (non-hydrogen) atoms. The quantitative estimate of drug-likeness (QED) is 0.0962. The summed E-state index contributed by atoms with van der Waals surface area (Å²) in [6.45, 7) is 4.17. The molecule has 230 valence electrons. The number of thioether (sulfide) groups is 1. The SMILES string of the molecule is CCOc1ccccc1/C=C(/NC(=O)c1ccccc1)C(=O)Nc1cccc(SC(CC)C(=O)Nc2cccc(C(=O)O)c2)c1. The van der Waals surface area contributed by atoms with Crippen LogP contribution in [0.25, 0.3) is 6.08 Å². The molecular formula is C35H33N3O6S. The van der Waals surface area contributed by atoms with Crippen molar-refractivity contribution < 1.29 is 29.0 Å². The normalized spacial score (nSPS) is 11.6. The van der Waals surface area contributed by atoms with Gasteiger partial charge in [0.1, 0.15) is 11.4 Å². The van der Waals surface area contributed by atoms with Crippen molar-refractivity contribution in [3.63, 3.8) is 0 Å². The zero-order valence-electron chi connectivity index (χ0n) is 24.8. The number of hydrogen-bond acceptors (Lipinski definition) is 6. The molecule has 4 aromatic rings. The van der Waals surface area contributed by atoms with Gasteiger partial charge in [-0.2, -0.15) is 0 Å². The highest BCUT2D eigenvalue weighted by Crippen LogP contribution is 2.29. The molecule has 1 atom stereocenters. The van der Waals surface area contributed by atoms with E-state index in [2.05, 4.69) is 16.0 Å². The number of carbonyl (C=O) groups excluding carboxylic acids is 3. The summed E-state index contributed by atoms with van der Waals surface area (Å²) in [4.78, 5) is 51.7. The number of aromatic carboxylic acids is 1. The van der Waals surface area contributed by atoms with E-state index in [1.807, 2.05) is 32.0 Å². The van der Waals surface area contributed by atoms with E-state index in [1.165, 1.54) is 23.9 Å². The zero-order valence-corrected chi connectivity index (χ0v) is 25.6. The van der Waals surface area contributed by atoms with Gasteiger partial charge >= 0.3 is 5.97 Å². The number of amides is 3. The number of nitrogens with one attached hydrogen (secondary N) is 3.